The number of carbonyl (C=O) groups excluding carboxylic acids is 1. The normalized spacial score (nSPS) is 19.9. The number of nitrogens with zero attached hydrogens (tertiary/aromatic N) is 3. The van der Waals surface area contributed by atoms with Gasteiger partial charge in [0.15, 0.2) is 0 Å². The van der Waals surface area contributed by atoms with E-state index < -0.39 is 0 Å². The van der Waals surface area contributed by atoms with Crippen molar-refractivity contribution in [3.8, 4) is 0 Å². The van der Waals surface area contributed by atoms with Crippen LogP contribution in [0.5, 0.6) is 0 Å². The third-order valence-electron chi connectivity index (χ3n) is 3.60. The molecule has 5 heteroatoms. The minimum absolute atomic E-state index is 0.0235. The Hall–Kier alpha value is -1.88. The predicted octanol–water partition coefficient (Wildman–Crippen LogP) is 1.08. The number of nitrogens with one attached hydrogen (secondary N) is 1. The van der Waals surface area contributed by atoms with Crippen LogP contribution in [0.3, 0.4) is 0 Å². The van der Waals surface area contributed by atoms with Crippen LogP contribution in [0.15, 0.2) is 24.5 Å². The zero-order chi connectivity index (χ0) is 13.4. The second-order valence-corrected chi connectivity index (χ2v) is 5.15. The number of hydrogen-bond acceptors (Lipinski definition) is 3. The van der Waals surface area contributed by atoms with Crippen molar-refractivity contribution in [2.45, 2.75) is 19.9 Å². The highest BCUT2D eigenvalue weighted by Gasteiger charge is 2.25. The molecule has 0 unspecified atom stereocenters. The third-order valence-corrected chi connectivity index (χ3v) is 3.60. The Bertz CT molecular complexity index is 619. The van der Waals surface area contributed by atoms with E-state index in [0.29, 0.717) is 5.69 Å². The van der Waals surface area contributed by atoms with Crippen molar-refractivity contribution >= 4 is 11.6 Å². The molecular formula is C14H18N4O. The van der Waals surface area contributed by atoms with Crippen molar-refractivity contribution in [2.75, 3.05) is 19.6 Å². The van der Waals surface area contributed by atoms with E-state index in [4.69, 9.17) is 0 Å². The first-order valence-corrected chi connectivity index (χ1v) is 6.62. The Morgan fingerprint density at radius 2 is 2.37 bits per heavy atom. The number of fused-ring (bicyclic) bond motifs is 1. The first kappa shape index (κ1) is 12.2. The predicted molar refractivity (Wildman–Crippen MR) is 73.3 cm³/mol. The summed E-state index contributed by atoms with van der Waals surface area (Å²) in [5, 5.41) is 3.29. The van der Waals surface area contributed by atoms with Gasteiger partial charge >= 0.3 is 0 Å². The first-order valence-electron chi connectivity index (χ1n) is 6.62. The molecule has 1 aliphatic rings. The first-order chi connectivity index (χ1) is 9.15. The fourth-order valence-corrected chi connectivity index (χ4v) is 2.48. The van der Waals surface area contributed by atoms with Gasteiger partial charge in [0.05, 0.1) is 0 Å². The zero-order valence-electron chi connectivity index (χ0n) is 11.3. The largest absolute Gasteiger partial charge is 0.332 e. The van der Waals surface area contributed by atoms with Gasteiger partial charge in [0, 0.05) is 38.1 Å². The number of rotatable bonds is 1. The third kappa shape index (κ3) is 2.21. The van der Waals surface area contributed by atoms with Gasteiger partial charge < -0.3 is 14.6 Å². The summed E-state index contributed by atoms with van der Waals surface area (Å²) in [5.74, 6) is 0.0235. The fraction of sp³-hybridized carbons (Fsp3) is 0.429. The van der Waals surface area contributed by atoms with Gasteiger partial charge in [-0.15, -0.1) is 0 Å². The highest BCUT2D eigenvalue weighted by Crippen LogP contribution is 2.12. The summed E-state index contributed by atoms with van der Waals surface area (Å²) >= 11 is 0. The molecule has 2 aromatic heterocycles. The molecule has 1 atom stereocenters. The van der Waals surface area contributed by atoms with Gasteiger partial charge in [-0.05, 0) is 31.5 Å². The van der Waals surface area contributed by atoms with Crippen molar-refractivity contribution < 1.29 is 4.79 Å². The maximum Gasteiger partial charge on any atom is 0.274 e. The van der Waals surface area contributed by atoms with Crippen LogP contribution in [0.2, 0.25) is 0 Å². The minimum Gasteiger partial charge on any atom is -0.332 e. The van der Waals surface area contributed by atoms with Gasteiger partial charge in [-0.2, -0.15) is 0 Å². The maximum absolute atomic E-state index is 12.5. The van der Waals surface area contributed by atoms with Crippen LogP contribution in [0.1, 0.15) is 23.0 Å². The Balaban J connectivity index is 1.92. The van der Waals surface area contributed by atoms with E-state index in [2.05, 4.69) is 17.2 Å². The molecule has 0 radical (unpaired) electrons. The number of carbonyl (C=O) groups is 1. The van der Waals surface area contributed by atoms with Crippen LogP contribution in [0.25, 0.3) is 5.65 Å². The molecule has 19 heavy (non-hydrogen) atoms. The van der Waals surface area contributed by atoms with Gasteiger partial charge in [0.25, 0.3) is 5.91 Å². The molecule has 1 saturated heterocycles. The van der Waals surface area contributed by atoms with Crippen LogP contribution < -0.4 is 5.32 Å². The number of imidazole rings is 1. The molecule has 0 aromatic carbocycles. The van der Waals surface area contributed by atoms with Crippen LogP contribution in [0.4, 0.5) is 0 Å². The SMILES string of the molecule is Cc1ccn2cc(C(=O)N3CCNC[C@H]3C)nc2c1. The molecule has 1 N–H and O–H groups in total. The van der Waals surface area contributed by atoms with E-state index in [0.717, 1.165) is 30.8 Å². The molecule has 0 spiro atoms. The summed E-state index contributed by atoms with van der Waals surface area (Å²) in [6.45, 7) is 6.52. The summed E-state index contributed by atoms with van der Waals surface area (Å²) < 4.78 is 1.90. The zero-order valence-corrected chi connectivity index (χ0v) is 11.3. The number of aromatic nitrogens is 2. The van der Waals surface area contributed by atoms with E-state index in [1.54, 1.807) is 0 Å². The van der Waals surface area contributed by atoms with Gasteiger partial charge in [-0.25, -0.2) is 4.98 Å². The van der Waals surface area contributed by atoms with Crippen LogP contribution in [-0.4, -0.2) is 45.9 Å². The molecule has 3 heterocycles. The summed E-state index contributed by atoms with van der Waals surface area (Å²) in [4.78, 5) is 18.8. The van der Waals surface area contributed by atoms with Crippen LogP contribution in [-0.2, 0) is 0 Å². The van der Waals surface area contributed by atoms with Gasteiger partial charge in [-0.1, -0.05) is 0 Å². The lowest BCUT2D eigenvalue weighted by molar-refractivity contribution is 0.0650. The highest BCUT2D eigenvalue weighted by atomic mass is 16.2. The lowest BCUT2D eigenvalue weighted by atomic mass is 10.2. The molecule has 100 valence electrons. The second kappa shape index (κ2) is 4.66. The van der Waals surface area contributed by atoms with Crippen LogP contribution >= 0.6 is 0 Å². The van der Waals surface area contributed by atoms with E-state index in [1.165, 1.54) is 0 Å². The monoisotopic (exact) mass is 258 g/mol. The maximum atomic E-state index is 12.5. The molecule has 0 bridgehead atoms. The van der Waals surface area contributed by atoms with Gasteiger partial charge in [0.1, 0.15) is 11.3 Å². The summed E-state index contributed by atoms with van der Waals surface area (Å²) in [5.41, 5.74) is 2.50. The van der Waals surface area contributed by atoms with E-state index in [-0.39, 0.29) is 11.9 Å². The molecule has 5 nitrogen and oxygen atoms in total. The van der Waals surface area contributed by atoms with Crippen molar-refractivity contribution in [3.63, 3.8) is 0 Å². The smallest absolute Gasteiger partial charge is 0.274 e. The summed E-state index contributed by atoms with van der Waals surface area (Å²) in [7, 11) is 0. The average Bonchev–Trinajstić information content (AvgIpc) is 2.81. The number of amides is 1. The Labute approximate surface area is 112 Å². The summed E-state index contributed by atoms with van der Waals surface area (Å²) in [6.07, 6.45) is 3.75. The molecule has 1 amide bonds. The summed E-state index contributed by atoms with van der Waals surface area (Å²) in [6, 6.07) is 4.21. The topological polar surface area (TPSA) is 49.6 Å². The fourth-order valence-electron chi connectivity index (χ4n) is 2.48. The molecule has 2 aromatic rings. The lowest BCUT2D eigenvalue weighted by Gasteiger charge is -2.33. The highest BCUT2D eigenvalue weighted by molar-refractivity contribution is 5.93. The molecule has 0 saturated carbocycles. The van der Waals surface area contributed by atoms with E-state index in [1.807, 2.05) is 40.8 Å². The molecule has 1 fully saturated rings. The van der Waals surface area contributed by atoms with E-state index in [9.17, 15) is 4.79 Å². The lowest BCUT2D eigenvalue weighted by Crippen LogP contribution is -2.52. The Morgan fingerprint density at radius 1 is 1.53 bits per heavy atom. The number of aryl methyl sites for hydroxylation is 1. The minimum atomic E-state index is 0.0235. The quantitative estimate of drug-likeness (QED) is 0.832. The molecular weight excluding hydrogens is 240 g/mol. The van der Waals surface area contributed by atoms with Crippen LogP contribution in [0, 0.1) is 6.92 Å². The molecule has 0 aliphatic carbocycles. The van der Waals surface area contributed by atoms with Gasteiger partial charge in [-0.3, -0.25) is 4.79 Å². The number of piperazine rings is 1. The number of hydrogen-bond donors (Lipinski definition) is 1. The molecule has 3 rings (SSSR count). The Kier molecular flexibility index (Phi) is 2.98. The van der Waals surface area contributed by atoms with Gasteiger partial charge in [0.2, 0.25) is 0 Å². The second-order valence-electron chi connectivity index (χ2n) is 5.15. The standard InChI is InChI=1S/C14H18N4O/c1-10-3-5-17-9-12(16-13(17)7-10)14(19)18-6-4-15-8-11(18)2/h3,5,7,9,11,15H,4,6,8H2,1-2H3/t11-/m1/s1. The average molecular weight is 258 g/mol. The van der Waals surface area contributed by atoms with E-state index >= 15 is 0 Å². The van der Waals surface area contributed by atoms with Crippen molar-refractivity contribution in [3.05, 3.63) is 35.8 Å². The van der Waals surface area contributed by atoms with Crippen molar-refractivity contribution in [1.82, 2.24) is 19.6 Å². The number of pyridine rings is 1. The van der Waals surface area contributed by atoms with Crippen molar-refractivity contribution in [2.24, 2.45) is 0 Å². The van der Waals surface area contributed by atoms with Crippen molar-refractivity contribution in [1.29, 1.82) is 0 Å². The molecule has 1 aliphatic heterocycles. The Morgan fingerprint density at radius 3 is 3.16 bits per heavy atom.